The predicted molar refractivity (Wildman–Crippen MR) is 60.2 cm³/mol. The first-order valence-electron chi connectivity index (χ1n) is 4.72. The van der Waals surface area contributed by atoms with Gasteiger partial charge in [0.25, 0.3) is 0 Å². The van der Waals surface area contributed by atoms with E-state index in [0.717, 1.165) is 11.1 Å². The van der Waals surface area contributed by atoms with Gasteiger partial charge in [0.1, 0.15) is 0 Å². The Morgan fingerprint density at radius 1 is 1.60 bits per heavy atom. The van der Waals surface area contributed by atoms with E-state index in [-0.39, 0.29) is 12.3 Å². The Kier molecular flexibility index (Phi) is 4.12. The van der Waals surface area contributed by atoms with E-state index in [2.05, 4.69) is 0 Å². The normalized spacial score (nSPS) is 12.5. The lowest BCUT2D eigenvalue weighted by Gasteiger charge is -2.13. The smallest absolute Gasteiger partial charge is 0.304 e. The molecule has 0 spiro atoms. The summed E-state index contributed by atoms with van der Waals surface area (Å²) >= 11 is 5.96. The first kappa shape index (κ1) is 12.0. The molecule has 1 rings (SSSR count). The average molecular weight is 228 g/mol. The van der Waals surface area contributed by atoms with Crippen LogP contribution in [-0.2, 0) is 4.79 Å². The first-order valence-corrected chi connectivity index (χ1v) is 5.10. The molecular weight excluding hydrogens is 214 g/mol. The molecule has 1 unspecified atom stereocenters. The number of carbonyl (C=O) groups is 1. The minimum absolute atomic E-state index is 0.0376. The maximum Gasteiger partial charge on any atom is 0.304 e. The van der Waals surface area contributed by atoms with Crippen LogP contribution in [0.25, 0.3) is 0 Å². The van der Waals surface area contributed by atoms with Gasteiger partial charge in [0.2, 0.25) is 0 Å². The summed E-state index contributed by atoms with van der Waals surface area (Å²) in [5.74, 6) is -1.01. The van der Waals surface area contributed by atoms with Crippen LogP contribution in [0.4, 0.5) is 0 Å². The minimum atomic E-state index is -0.845. The predicted octanol–water partition coefficient (Wildman–Crippen LogP) is 2.17. The summed E-state index contributed by atoms with van der Waals surface area (Å²) in [5, 5.41) is 9.36. The van der Waals surface area contributed by atoms with Crippen LogP contribution < -0.4 is 5.73 Å². The molecule has 0 radical (unpaired) electrons. The molecule has 1 aromatic rings. The van der Waals surface area contributed by atoms with Crippen LogP contribution in [0.2, 0.25) is 5.02 Å². The number of aliphatic carboxylic acids is 1. The summed E-state index contributed by atoms with van der Waals surface area (Å²) in [6.45, 7) is 2.21. The molecule has 3 N–H and O–H groups in total. The minimum Gasteiger partial charge on any atom is -0.481 e. The molecular formula is C11H14ClNO2. The van der Waals surface area contributed by atoms with Crippen LogP contribution in [0.1, 0.15) is 23.5 Å². The fraction of sp³-hybridized carbons (Fsp3) is 0.364. The fourth-order valence-electron chi connectivity index (χ4n) is 1.41. The number of aryl methyl sites for hydroxylation is 1. The van der Waals surface area contributed by atoms with Gasteiger partial charge < -0.3 is 10.8 Å². The van der Waals surface area contributed by atoms with Gasteiger partial charge in [0.15, 0.2) is 0 Å². The van der Waals surface area contributed by atoms with Crippen molar-refractivity contribution >= 4 is 17.6 Å². The summed E-state index contributed by atoms with van der Waals surface area (Å²) in [6, 6.07) is 5.54. The Labute approximate surface area is 93.9 Å². The number of benzene rings is 1. The van der Waals surface area contributed by atoms with E-state index in [9.17, 15) is 4.79 Å². The molecule has 0 saturated carbocycles. The number of nitrogens with two attached hydrogens (primary N) is 1. The molecule has 0 heterocycles. The Bertz CT molecular complexity index is 366. The van der Waals surface area contributed by atoms with E-state index in [4.69, 9.17) is 22.4 Å². The quantitative estimate of drug-likeness (QED) is 0.829. The monoisotopic (exact) mass is 227 g/mol. The molecule has 3 nitrogen and oxygen atoms in total. The van der Waals surface area contributed by atoms with Gasteiger partial charge >= 0.3 is 5.97 Å². The van der Waals surface area contributed by atoms with Gasteiger partial charge in [-0.1, -0.05) is 23.7 Å². The Morgan fingerprint density at radius 3 is 2.73 bits per heavy atom. The van der Waals surface area contributed by atoms with E-state index < -0.39 is 5.97 Å². The standard InChI is InChI=1S/C11H14ClNO2/c1-7-2-3-8(4-10(7)12)9(6-13)5-11(14)15/h2-4,9H,5-6,13H2,1H3,(H,14,15). The molecule has 1 atom stereocenters. The van der Waals surface area contributed by atoms with Crippen molar-refractivity contribution in [3.8, 4) is 0 Å². The molecule has 82 valence electrons. The number of hydrogen-bond acceptors (Lipinski definition) is 2. The zero-order valence-electron chi connectivity index (χ0n) is 8.53. The first-order chi connectivity index (χ1) is 7.04. The van der Waals surface area contributed by atoms with Crippen molar-refractivity contribution in [3.05, 3.63) is 34.3 Å². The third-order valence-electron chi connectivity index (χ3n) is 2.37. The molecule has 0 saturated heterocycles. The second-order valence-electron chi connectivity index (χ2n) is 3.54. The largest absolute Gasteiger partial charge is 0.481 e. The second-order valence-corrected chi connectivity index (χ2v) is 3.95. The van der Waals surface area contributed by atoms with Gasteiger partial charge in [0.05, 0.1) is 6.42 Å². The lowest BCUT2D eigenvalue weighted by atomic mass is 9.95. The molecule has 4 heteroatoms. The average Bonchev–Trinajstić information content (AvgIpc) is 2.18. The molecule has 0 bridgehead atoms. The summed E-state index contributed by atoms with van der Waals surface area (Å²) in [5.41, 5.74) is 7.40. The van der Waals surface area contributed by atoms with Crippen LogP contribution in [-0.4, -0.2) is 17.6 Å². The highest BCUT2D eigenvalue weighted by atomic mass is 35.5. The Balaban J connectivity index is 2.92. The lowest BCUT2D eigenvalue weighted by molar-refractivity contribution is -0.137. The SMILES string of the molecule is Cc1ccc(C(CN)CC(=O)O)cc1Cl. The van der Waals surface area contributed by atoms with E-state index in [1.165, 1.54) is 0 Å². The van der Waals surface area contributed by atoms with E-state index in [1.807, 2.05) is 19.1 Å². The molecule has 0 aliphatic heterocycles. The summed E-state index contributed by atoms with van der Waals surface area (Å²) in [6.07, 6.45) is 0.0376. The maximum absolute atomic E-state index is 10.6. The van der Waals surface area contributed by atoms with Crippen molar-refractivity contribution in [1.82, 2.24) is 0 Å². The van der Waals surface area contributed by atoms with Crippen LogP contribution in [0.3, 0.4) is 0 Å². The topological polar surface area (TPSA) is 63.3 Å². The maximum atomic E-state index is 10.6. The number of rotatable bonds is 4. The highest BCUT2D eigenvalue weighted by molar-refractivity contribution is 6.31. The van der Waals surface area contributed by atoms with Crippen LogP contribution in [0, 0.1) is 6.92 Å². The number of halogens is 1. The number of hydrogen-bond donors (Lipinski definition) is 2. The third-order valence-corrected chi connectivity index (χ3v) is 2.78. The van der Waals surface area contributed by atoms with Gasteiger partial charge in [-0.15, -0.1) is 0 Å². The van der Waals surface area contributed by atoms with Crippen molar-refractivity contribution < 1.29 is 9.90 Å². The molecule has 0 aromatic heterocycles. The van der Waals surface area contributed by atoms with Crippen LogP contribution in [0.5, 0.6) is 0 Å². The highest BCUT2D eigenvalue weighted by Crippen LogP contribution is 2.24. The summed E-state index contributed by atoms with van der Waals surface area (Å²) in [4.78, 5) is 10.6. The van der Waals surface area contributed by atoms with E-state index >= 15 is 0 Å². The zero-order valence-corrected chi connectivity index (χ0v) is 9.29. The van der Waals surface area contributed by atoms with E-state index in [0.29, 0.717) is 11.6 Å². The van der Waals surface area contributed by atoms with Gasteiger partial charge in [0, 0.05) is 10.9 Å². The van der Waals surface area contributed by atoms with Crippen LogP contribution in [0.15, 0.2) is 18.2 Å². The molecule has 0 aliphatic rings. The Hall–Kier alpha value is -1.06. The molecule has 0 fully saturated rings. The number of carboxylic acids is 1. The van der Waals surface area contributed by atoms with Gasteiger partial charge in [-0.2, -0.15) is 0 Å². The number of carboxylic acid groups (broad SMARTS) is 1. The van der Waals surface area contributed by atoms with Crippen molar-refractivity contribution in [1.29, 1.82) is 0 Å². The van der Waals surface area contributed by atoms with E-state index in [1.54, 1.807) is 6.07 Å². The zero-order chi connectivity index (χ0) is 11.4. The lowest BCUT2D eigenvalue weighted by Crippen LogP contribution is -2.16. The summed E-state index contributed by atoms with van der Waals surface area (Å²) in [7, 11) is 0. The molecule has 1 aromatic carbocycles. The van der Waals surface area contributed by atoms with Crippen LogP contribution >= 0.6 is 11.6 Å². The molecule has 0 amide bonds. The van der Waals surface area contributed by atoms with Crippen molar-refractivity contribution in [2.75, 3.05) is 6.54 Å². The fourth-order valence-corrected chi connectivity index (χ4v) is 1.60. The summed E-state index contributed by atoms with van der Waals surface area (Å²) < 4.78 is 0. The van der Waals surface area contributed by atoms with Crippen molar-refractivity contribution in [2.24, 2.45) is 5.73 Å². The van der Waals surface area contributed by atoms with Crippen molar-refractivity contribution in [2.45, 2.75) is 19.3 Å². The molecule has 0 aliphatic carbocycles. The van der Waals surface area contributed by atoms with Gasteiger partial charge in [-0.25, -0.2) is 0 Å². The Morgan fingerprint density at radius 2 is 2.27 bits per heavy atom. The second kappa shape index (κ2) is 5.14. The molecule has 15 heavy (non-hydrogen) atoms. The van der Waals surface area contributed by atoms with Gasteiger partial charge in [-0.05, 0) is 30.7 Å². The third kappa shape index (κ3) is 3.22. The highest BCUT2D eigenvalue weighted by Gasteiger charge is 2.14. The van der Waals surface area contributed by atoms with Crippen molar-refractivity contribution in [3.63, 3.8) is 0 Å². The van der Waals surface area contributed by atoms with Gasteiger partial charge in [-0.3, -0.25) is 4.79 Å².